The molecule has 0 N–H and O–H groups in total. The molecule has 5 fully saturated rings. The Bertz CT molecular complexity index is 1280. The molecule has 8 nitrogen and oxygen atoms in total. The fraction of sp³-hybridized carbons (Fsp3) is 0.975. The number of carbonyl (C=O) groups excluding carboxylic acids is 1. The first-order valence-corrected chi connectivity index (χ1v) is 38.3. The van der Waals surface area contributed by atoms with Crippen LogP contribution in [0.4, 0.5) is 0 Å². The number of ether oxygens (including phenoxy) is 2. The molecule has 0 spiro atoms. The third-order valence-electron chi connectivity index (χ3n) is 13.0. The van der Waals surface area contributed by atoms with Crippen LogP contribution < -0.4 is 0 Å². The minimum atomic E-state index is -2.24. The molecule has 1 heterocycles. The van der Waals surface area contributed by atoms with Gasteiger partial charge in [0, 0.05) is 6.10 Å². The Morgan fingerprint density at radius 3 is 1.66 bits per heavy atom. The largest absolute Gasteiger partial charge is 0.518 e. The van der Waals surface area contributed by atoms with E-state index in [4.69, 9.17) is 31.6 Å². The zero-order chi connectivity index (χ0) is 39.7. The smallest absolute Gasteiger partial charge is 0.324 e. The number of hydrogen-bond donors (Lipinski definition) is 0. The van der Waals surface area contributed by atoms with E-state index in [9.17, 15) is 4.79 Å². The fourth-order valence-electron chi connectivity index (χ4n) is 11.2. The van der Waals surface area contributed by atoms with Gasteiger partial charge in [-0.15, -0.1) is 0 Å². The van der Waals surface area contributed by atoms with Crippen molar-refractivity contribution in [1.29, 1.82) is 0 Å². The van der Waals surface area contributed by atoms with Gasteiger partial charge in [-0.3, -0.25) is 4.79 Å². The van der Waals surface area contributed by atoms with Gasteiger partial charge >= 0.3 is 5.97 Å². The molecule has 53 heavy (non-hydrogen) atoms. The lowest BCUT2D eigenvalue weighted by molar-refractivity contribution is -0.305. The van der Waals surface area contributed by atoms with Gasteiger partial charge < -0.3 is 31.6 Å². The van der Waals surface area contributed by atoms with E-state index in [0.717, 1.165) is 24.2 Å². The standard InChI is InChI=1S/C40H80O8Si5/c1-39-24-22-28(44-49(3,4)5)26-27(39)18-19-29-30-20-21-32(40(30,2)25-23-31(29)39)42-38-36(47-52(12,13)14)34(46-51(9,10)11)33(45-50(6,7)8)35(43-38)37(41)48-53(15,16)17/h27-36,38H,18-26H2,1-17H3. The van der Waals surface area contributed by atoms with E-state index in [2.05, 4.69) is 92.4 Å². The summed E-state index contributed by atoms with van der Waals surface area (Å²) in [5.41, 5.74) is 0.451. The van der Waals surface area contributed by atoms with Crippen molar-refractivity contribution in [2.75, 3.05) is 0 Å². The Labute approximate surface area is 329 Å². The van der Waals surface area contributed by atoms with E-state index in [-0.39, 0.29) is 17.5 Å². The molecule has 0 amide bonds. The van der Waals surface area contributed by atoms with E-state index in [1.807, 2.05) is 19.6 Å². The molecular formula is C40H80O8Si5. The summed E-state index contributed by atoms with van der Waals surface area (Å²) >= 11 is 0. The van der Waals surface area contributed by atoms with Gasteiger partial charge in [0.15, 0.2) is 45.7 Å². The van der Waals surface area contributed by atoms with Crippen LogP contribution >= 0.6 is 0 Å². The predicted molar refractivity (Wildman–Crippen MR) is 228 cm³/mol. The lowest BCUT2D eigenvalue weighted by atomic mass is 9.45. The predicted octanol–water partition coefficient (Wildman–Crippen LogP) is 10.4. The third kappa shape index (κ3) is 10.7. The molecule has 0 bridgehead atoms. The normalized spacial score (nSPS) is 41.3. The number of hydrogen-bond acceptors (Lipinski definition) is 8. The van der Waals surface area contributed by atoms with Crippen molar-refractivity contribution < 1.29 is 36.4 Å². The summed E-state index contributed by atoms with van der Waals surface area (Å²) in [6.45, 7) is 38.0. The maximum Gasteiger partial charge on any atom is 0.324 e. The van der Waals surface area contributed by atoms with Crippen LogP contribution in [0.25, 0.3) is 0 Å². The van der Waals surface area contributed by atoms with Crippen LogP contribution in [0.15, 0.2) is 0 Å². The van der Waals surface area contributed by atoms with Crippen LogP contribution in [0.5, 0.6) is 0 Å². The molecule has 5 rings (SSSR count). The summed E-state index contributed by atoms with van der Waals surface area (Å²) in [6.07, 6.45) is 8.18. The fourth-order valence-corrected chi connectivity index (χ4v) is 16.4. The van der Waals surface area contributed by atoms with Crippen molar-refractivity contribution in [3.63, 3.8) is 0 Å². The average Bonchev–Trinajstić information content (AvgIpc) is 3.28. The second-order valence-corrected chi connectivity index (χ2v) is 45.3. The highest BCUT2D eigenvalue weighted by molar-refractivity contribution is 6.72. The Hall–Kier alpha value is 0.314. The van der Waals surface area contributed by atoms with Gasteiger partial charge in [0.25, 0.3) is 0 Å². The van der Waals surface area contributed by atoms with Crippen molar-refractivity contribution in [2.24, 2.45) is 34.5 Å². The highest BCUT2D eigenvalue weighted by Crippen LogP contribution is 2.67. The van der Waals surface area contributed by atoms with Crippen molar-refractivity contribution in [1.82, 2.24) is 0 Å². The second-order valence-electron chi connectivity index (χ2n) is 23.1. The summed E-state index contributed by atoms with van der Waals surface area (Å²) in [5, 5.41) is 0. The zero-order valence-corrected chi connectivity index (χ0v) is 42.0. The number of carbonyl (C=O) groups is 1. The molecule has 13 unspecified atom stereocenters. The highest BCUT2D eigenvalue weighted by Gasteiger charge is 2.62. The molecule has 4 aliphatic carbocycles. The van der Waals surface area contributed by atoms with Gasteiger partial charge in [-0.1, -0.05) is 13.8 Å². The molecule has 0 aromatic carbocycles. The van der Waals surface area contributed by atoms with Gasteiger partial charge in [0.1, 0.15) is 18.3 Å². The monoisotopic (exact) mass is 828 g/mol. The molecule has 13 heteroatoms. The van der Waals surface area contributed by atoms with Crippen LogP contribution in [-0.2, 0) is 36.4 Å². The van der Waals surface area contributed by atoms with Crippen LogP contribution in [0.3, 0.4) is 0 Å². The van der Waals surface area contributed by atoms with Gasteiger partial charge in [0.2, 0.25) is 8.32 Å². The van der Waals surface area contributed by atoms with Crippen LogP contribution in [0.2, 0.25) is 98.2 Å². The SMILES string of the molecule is CC12CCC(O[Si](C)(C)C)CC1CCC1C2CCC2(C)C(OC3OC(C(=O)O[Si](C)(C)C)C(O[Si](C)(C)C)C(O[Si](C)(C)C)C3O[Si](C)(C)C)CCC12. The lowest BCUT2D eigenvalue weighted by Crippen LogP contribution is -2.68. The Kier molecular flexibility index (Phi) is 13.0. The molecule has 1 saturated heterocycles. The highest BCUT2D eigenvalue weighted by atomic mass is 28.4. The molecule has 0 radical (unpaired) electrons. The van der Waals surface area contributed by atoms with Gasteiger partial charge in [-0.2, -0.15) is 0 Å². The first-order chi connectivity index (χ1) is 24.0. The van der Waals surface area contributed by atoms with Crippen molar-refractivity contribution in [3.8, 4) is 0 Å². The van der Waals surface area contributed by atoms with Crippen LogP contribution in [0, 0.1) is 34.5 Å². The van der Waals surface area contributed by atoms with E-state index in [0.29, 0.717) is 17.4 Å². The average molecular weight is 830 g/mol. The molecular weight excluding hydrogens is 749 g/mol. The maximum atomic E-state index is 14.2. The van der Waals surface area contributed by atoms with Crippen LogP contribution in [0.1, 0.15) is 71.6 Å². The van der Waals surface area contributed by atoms with Crippen molar-refractivity contribution >= 4 is 47.6 Å². The topological polar surface area (TPSA) is 81.7 Å². The Morgan fingerprint density at radius 1 is 0.566 bits per heavy atom. The first kappa shape index (κ1) is 44.4. The van der Waals surface area contributed by atoms with Crippen LogP contribution in [-0.4, -0.2) is 90.5 Å². The van der Waals surface area contributed by atoms with E-state index in [1.54, 1.807) is 0 Å². The Balaban J connectivity index is 1.43. The zero-order valence-electron chi connectivity index (χ0n) is 37.0. The van der Waals surface area contributed by atoms with E-state index < -0.39 is 72.3 Å². The summed E-state index contributed by atoms with van der Waals surface area (Å²) in [6, 6.07) is 0. The minimum Gasteiger partial charge on any atom is -0.518 e. The Morgan fingerprint density at radius 2 is 1.09 bits per heavy atom. The van der Waals surface area contributed by atoms with Crippen molar-refractivity contribution in [2.45, 2.75) is 213 Å². The molecule has 4 saturated carbocycles. The quantitative estimate of drug-likeness (QED) is 0.180. The minimum absolute atomic E-state index is 0.0215. The number of rotatable bonds is 12. The van der Waals surface area contributed by atoms with E-state index in [1.165, 1.54) is 51.4 Å². The summed E-state index contributed by atoms with van der Waals surface area (Å²) in [4.78, 5) is 14.2. The lowest BCUT2D eigenvalue weighted by Gasteiger charge is -2.61. The van der Waals surface area contributed by atoms with Gasteiger partial charge in [-0.25, -0.2) is 0 Å². The third-order valence-corrected chi connectivity index (χ3v) is 17.7. The summed E-state index contributed by atoms with van der Waals surface area (Å²) < 4.78 is 48.2. The molecule has 5 aliphatic rings. The molecule has 0 aromatic rings. The molecule has 0 aromatic heterocycles. The molecule has 308 valence electrons. The van der Waals surface area contributed by atoms with Gasteiger partial charge in [-0.05, 0) is 190 Å². The van der Waals surface area contributed by atoms with E-state index >= 15 is 0 Å². The maximum absolute atomic E-state index is 14.2. The molecule has 13 atom stereocenters. The summed E-state index contributed by atoms with van der Waals surface area (Å²) in [7, 11) is -10.3. The number of fused-ring (bicyclic) bond motifs is 5. The van der Waals surface area contributed by atoms with Gasteiger partial charge in [0.05, 0.1) is 6.10 Å². The second kappa shape index (κ2) is 15.5. The summed E-state index contributed by atoms with van der Waals surface area (Å²) in [5.74, 6) is 2.55. The first-order valence-electron chi connectivity index (χ1n) is 21.2. The molecule has 1 aliphatic heterocycles. The van der Waals surface area contributed by atoms with Crippen molar-refractivity contribution in [3.05, 3.63) is 0 Å².